The minimum Gasteiger partial charge on any atom is -0.343 e. The summed E-state index contributed by atoms with van der Waals surface area (Å²) in [6.07, 6.45) is 2.01. The molecule has 0 aromatic carbocycles. The van der Waals surface area contributed by atoms with E-state index in [4.69, 9.17) is 0 Å². The highest BCUT2D eigenvalue weighted by Gasteiger charge is 2.29. The summed E-state index contributed by atoms with van der Waals surface area (Å²) < 4.78 is 38.4. The molecule has 0 unspecified atom stereocenters. The van der Waals surface area contributed by atoms with E-state index in [1.54, 1.807) is 0 Å². The molecular weight excluding hydrogens is 295 g/mol. The predicted molar refractivity (Wildman–Crippen MR) is 76.2 cm³/mol. The van der Waals surface area contributed by atoms with Gasteiger partial charge in [0.2, 0.25) is 5.91 Å². The lowest BCUT2D eigenvalue weighted by Gasteiger charge is -2.31. The molecule has 0 saturated carbocycles. The van der Waals surface area contributed by atoms with Crippen molar-refractivity contribution in [3.63, 3.8) is 0 Å². The Bertz CT molecular complexity index is 490. The number of aryl methyl sites for hydroxylation is 1. The average molecular weight is 317 g/mol. The zero-order chi connectivity index (χ0) is 16.2. The summed E-state index contributed by atoms with van der Waals surface area (Å²) in [5, 5.41) is 0. The number of imidazole rings is 1. The van der Waals surface area contributed by atoms with Gasteiger partial charge in [0.05, 0.1) is 0 Å². The maximum atomic E-state index is 12.4. The zero-order valence-corrected chi connectivity index (χ0v) is 12.8. The van der Waals surface area contributed by atoms with Crippen molar-refractivity contribution in [3.8, 4) is 0 Å². The first kappa shape index (κ1) is 16.8. The van der Waals surface area contributed by atoms with Crippen LogP contribution < -0.4 is 0 Å². The lowest BCUT2D eigenvalue weighted by molar-refractivity contribution is -0.141. The van der Waals surface area contributed by atoms with Crippen LogP contribution in [0.2, 0.25) is 0 Å². The number of rotatable bonds is 5. The summed E-state index contributed by atoms with van der Waals surface area (Å²) in [4.78, 5) is 17.9. The molecule has 1 aromatic rings. The lowest BCUT2D eigenvalue weighted by atomic mass is 9.94. The summed E-state index contributed by atoms with van der Waals surface area (Å²) in [5.41, 5.74) is 0. The van der Waals surface area contributed by atoms with Gasteiger partial charge in [-0.3, -0.25) is 4.79 Å². The van der Waals surface area contributed by atoms with Crippen LogP contribution in [0.15, 0.2) is 12.4 Å². The van der Waals surface area contributed by atoms with Crippen LogP contribution in [0.4, 0.5) is 13.2 Å². The summed E-state index contributed by atoms with van der Waals surface area (Å²) in [6, 6.07) is 0. The third-order valence-corrected chi connectivity index (χ3v) is 4.26. The highest BCUT2D eigenvalue weighted by Crippen LogP contribution is 2.21. The van der Waals surface area contributed by atoms with Crippen LogP contribution >= 0.6 is 0 Å². The number of aromatic nitrogens is 2. The molecule has 0 atom stereocenters. The molecule has 22 heavy (non-hydrogen) atoms. The van der Waals surface area contributed by atoms with E-state index in [1.165, 1.54) is 12.4 Å². The normalized spacial score (nSPS) is 17.0. The van der Waals surface area contributed by atoms with Gasteiger partial charge in [-0.2, -0.15) is 13.2 Å². The SMILES string of the molecule is CCC1CCN(C(=O)CCc2nccn2CC(F)(F)F)CC1. The molecule has 1 aromatic heterocycles. The smallest absolute Gasteiger partial charge is 0.343 e. The number of hydrogen-bond donors (Lipinski definition) is 0. The van der Waals surface area contributed by atoms with Crippen molar-refractivity contribution in [2.45, 2.75) is 51.7 Å². The van der Waals surface area contributed by atoms with Gasteiger partial charge in [-0.15, -0.1) is 0 Å². The first-order valence-corrected chi connectivity index (χ1v) is 7.73. The molecular formula is C15H22F3N3O. The topological polar surface area (TPSA) is 38.1 Å². The Labute approximate surface area is 128 Å². The second kappa shape index (κ2) is 7.15. The van der Waals surface area contributed by atoms with Crippen LogP contribution in [0.3, 0.4) is 0 Å². The second-order valence-corrected chi connectivity index (χ2v) is 5.82. The lowest BCUT2D eigenvalue weighted by Crippen LogP contribution is -2.38. The number of carbonyl (C=O) groups is 1. The number of nitrogens with zero attached hydrogens (tertiary/aromatic N) is 3. The van der Waals surface area contributed by atoms with Gasteiger partial charge in [-0.1, -0.05) is 13.3 Å². The quantitative estimate of drug-likeness (QED) is 0.837. The maximum absolute atomic E-state index is 12.4. The molecule has 7 heteroatoms. The highest BCUT2D eigenvalue weighted by atomic mass is 19.4. The predicted octanol–water partition coefficient (Wildman–Crippen LogP) is 3.03. The van der Waals surface area contributed by atoms with Crippen LogP contribution in [0, 0.1) is 5.92 Å². The van der Waals surface area contributed by atoms with E-state index in [2.05, 4.69) is 11.9 Å². The van der Waals surface area contributed by atoms with Crippen LogP contribution in [0.5, 0.6) is 0 Å². The van der Waals surface area contributed by atoms with Crippen molar-refractivity contribution in [2.75, 3.05) is 13.1 Å². The average Bonchev–Trinajstić information content (AvgIpc) is 2.90. The molecule has 1 amide bonds. The molecule has 0 bridgehead atoms. The van der Waals surface area contributed by atoms with Crippen LogP contribution in [0.25, 0.3) is 0 Å². The van der Waals surface area contributed by atoms with Gasteiger partial charge in [0.1, 0.15) is 12.4 Å². The number of halogens is 3. The fraction of sp³-hybridized carbons (Fsp3) is 0.733. The molecule has 1 aliphatic rings. The molecule has 2 heterocycles. The molecule has 0 radical (unpaired) electrons. The Morgan fingerprint density at radius 2 is 2.05 bits per heavy atom. The van der Waals surface area contributed by atoms with Crippen molar-refractivity contribution >= 4 is 5.91 Å². The molecule has 0 N–H and O–H groups in total. The largest absolute Gasteiger partial charge is 0.406 e. The molecule has 1 saturated heterocycles. The first-order valence-electron chi connectivity index (χ1n) is 7.73. The van der Waals surface area contributed by atoms with Gasteiger partial charge < -0.3 is 9.47 Å². The molecule has 2 rings (SSSR count). The third-order valence-electron chi connectivity index (χ3n) is 4.26. The fourth-order valence-electron chi connectivity index (χ4n) is 2.87. The van der Waals surface area contributed by atoms with Gasteiger partial charge in [0, 0.05) is 38.3 Å². The van der Waals surface area contributed by atoms with E-state index in [9.17, 15) is 18.0 Å². The molecule has 1 aliphatic heterocycles. The highest BCUT2D eigenvalue weighted by molar-refractivity contribution is 5.76. The van der Waals surface area contributed by atoms with Crippen molar-refractivity contribution in [1.29, 1.82) is 0 Å². The van der Waals surface area contributed by atoms with E-state index >= 15 is 0 Å². The van der Waals surface area contributed by atoms with Gasteiger partial charge in [-0.25, -0.2) is 4.98 Å². The van der Waals surface area contributed by atoms with Crippen LogP contribution in [0.1, 0.15) is 38.4 Å². The van der Waals surface area contributed by atoms with Crippen LogP contribution in [-0.4, -0.2) is 39.6 Å². The molecule has 0 spiro atoms. The molecule has 0 aliphatic carbocycles. The van der Waals surface area contributed by atoms with E-state index in [1.807, 2.05) is 4.90 Å². The van der Waals surface area contributed by atoms with Crippen LogP contribution in [-0.2, 0) is 17.8 Å². The number of hydrogen-bond acceptors (Lipinski definition) is 2. The van der Waals surface area contributed by atoms with Crippen molar-refractivity contribution < 1.29 is 18.0 Å². The van der Waals surface area contributed by atoms with E-state index in [0.29, 0.717) is 11.7 Å². The van der Waals surface area contributed by atoms with E-state index < -0.39 is 12.7 Å². The third kappa shape index (κ3) is 4.74. The van der Waals surface area contributed by atoms with Crippen molar-refractivity contribution in [2.24, 2.45) is 5.92 Å². The summed E-state index contributed by atoms with van der Waals surface area (Å²) >= 11 is 0. The number of alkyl halides is 3. The van der Waals surface area contributed by atoms with Crippen molar-refractivity contribution in [1.82, 2.24) is 14.5 Å². The molecule has 4 nitrogen and oxygen atoms in total. The number of likely N-dealkylation sites (tertiary alicyclic amines) is 1. The molecule has 1 fully saturated rings. The number of carbonyl (C=O) groups excluding carboxylic acids is 1. The number of amides is 1. The van der Waals surface area contributed by atoms with Gasteiger partial charge in [-0.05, 0) is 18.8 Å². The Hall–Kier alpha value is -1.53. The maximum Gasteiger partial charge on any atom is 0.406 e. The minimum absolute atomic E-state index is 0.0103. The monoisotopic (exact) mass is 317 g/mol. The zero-order valence-electron chi connectivity index (χ0n) is 12.8. The van der Waals surface area contributed by atoms with Gasteiger partial charge in [0.25, 0.3) is 0 Å². The summed E-state index contributed by atoms with van der Waals surface area (Å²) in [7, 11) is 0. The first-order chi connectivity index (χ1) is 10.4. The Kier molecular flexibility index (Phi) is 5.47. The van der Waals surface area contributed by atoms with Gasteiger partial charge in [0.15, 0.2) is 0 Å². The molecule has 124 valence electrons. The van der Waals surface area contributed by atoms with E-state index in [-0.39, 0.29) is 18.7 Å². The van der Waals surface area contributed by atoms with E-state index in [0.717, 1.165) is 36.9 Å². The minimum atomic E-state index is -4.28. The van der Waals surface area contributed by atoms with Gasteiger partial charge >= 0.3 is 6.18 Å². The summed E-state index contributed by atoms with van der Waals surface area (Å²) in [6.45, 7) is 2.61. The Morgan fingerprint density at radius 3 is 2.64 bits per heavy atom. The Morgan fingerprint density at radius 1 is 1.36 bits per heavy atom. The summed E-state index contributed by atoms with van der Waals surface area (Å²) in [5.74, 6) is 1.01. The second-order valence-electron chi connectivity index (χ2n) is 5.82. The standard InChI is InChI=1S/C15H22F3N3O/c1-2-12-5-8-20(9-6-12)14(22)4-3-13-19-7-10-21(13)11-15(16,17)18/h7,10,12H,2-6,8-9,11H2,1H3. The fourth-order valence-corrected chi connectivity index (χ4v) is 2.87. The Balaban J connectivity index is 1.83. The van der Waals surface area contributed by atoms with Crippen molar-refractivity contribution in [3.05, 3.63) is 18.2 Å². The number of piperidine rings is 1.